The molecule has 5 heteroatoms. The third-order valence-electron chi connectivity index (χ3n) is 3.39. The molecule has 0 saturated carbocycles. The maximum absolute atomic E-state index is 6.08. The van der Waals surface area contributed by atoms with E-state index < -0.39 is 0 Å². The zero-order chi connectivity index (χ0) is 15.0. The second kappa shape index (κ2) is 5.70. The molecule has 0 atom stereocenters. The molecule has 2 aromatic carbocycles. The smallest absolute Gasteiger partial charge is 0.129 e. The third kappa shape index (κ3) is 2.54. The van der Waals surface area contributed by atoms with Crippen LogP contribution in [0.3, 0.4) is 0 Å². The number of aromatic nitrogens is 2. The van der Waals surface area contributed by atoms with Gasteiger partial charge in [0.1, 0.15) is 11.6 Å². The molecule has 0 radical (unpaired) electrons. The molecule has 0 unspecified atom stereocenters. The van der Waals surface area contributed by atoms with Crippen molar-refractivity contribution in [3.63, 3.8) is 0 Å². The van der Waals surface area contributed by atoms with Crippen LogP contribution in [0.15, 0.2) is 40.9 Å². The zero-order valence-electron chi connectivity index (χ0n) is 11.7. The average Bonchev–Trinajstić information content (AvgIpc) is 2.84. The lowest BCUT2D eigenvalue weighted by molar-refractivity contribution is 0.415. The Kier molecular flexibility index (Phi) is 3.91. The number of nitrogens with zero attached hydrogens (tertiary/aromatic N) is 2. The molecule has 1 aromatic heterocycles. The van der Waals surface area contributed by atoms with Crippen molar-refractivity contribution in [3.05, 3.63) is 52.3 Å². The third-order valence-corrected chi connectivity index (χ3v) is 4.27. The summed E-state index contributed by atoms with van der Waals surface area (Å²) in [6.07, 6.45) is 0. The second-order valence-corrected chi connectivity index (χ2v) is 5.93. The van der Waals surface area contributed by atoms with Gasteiger partial charge in [-0.3, -0.25) is 4.57 Å². The molecule has 0 N–H and O–H groups in total. The van der Waals surface area contributed by atoms with Crippen molar-refractivity contribution in [2.45, 2.75) is 12.8 Å². The number of aryl methyl sites for hydroxylation is 1. The summed E-state index contributed by atoms with van der Waals surface area (Å²) in [6.45, 7) is 2.06. The van der Waals surface area contributed by atoms with E-state index in [-0.39, 0.29) is 0 Å². The van der Waals surface area contributed by atoms with Crippen LogP contribution < -0.4 is 4.74 Å². The fourth-order valence-corrected chi connectivity index (χ4v) is 3.23. The molecule has 0 saturated heterocycles. The van der Waals surface area contributed by atoms with Crippen LogP contribution in [-0.4, -0.2) is 16.7 Å². The van der Waals surface area contributed by atoms with Crippen molar-refractivity contribution >= 4 is 38.6 Å². The number of halogens is 2. The van der Waals surface area contributed by atoms with Gasteiger partial charge < -0.3 is 4.74 Å². The highest BCUT2D eigenvalue weighted by Crippen LogP contribution is 2.30. The maximum Gasteiger partial charge on any atom is 0.129 e. The molecule has 0 aliphatic heterocycles. The fourth-order valence-electron chi connectivity index (χ4n) is 2.38. The number of methoxy groups -OCH3 is 1. The van der Waals surface area contributed by atoms with E-state index in [0.29, 0.717) is 5.88 Å². The maximum atomic E-state index is 6.08. The van der Waals surface area contributed by atoms with Crippen LogP contribution in [0.5, 0.6) is 5.75 Å². The highest BCUT2D eigenvalue weighted by atomic mass is 79.9. The molecule has 3 rings (SSSR count). The Morgan fingerprint density at radius 2 is 2.05 bits per heavy atom. The number of alkyl halides is 1. The number of benzene rings is 2. The fraction of sp³-hybridized carbons (Fsp3) is 0.188. The van der Waals surface area contributed by atoms with Gasteiger partial charge in [0.25, 0.3) is 0 Å². The molecular weight excluding hydrogens is 352 g/mol. The van der Waals surface area contributed by atoms with Gasteiger partial charge in [-0.05, 0) is 52.7 Å². The number of rotatable bonds is 3. The minimum atomic E-state index is 0.345. The monoisotopic (exact) mass is 364 g/mol. The molecule has 1 heterocycles. The molecule has 21 heavy (non-hydrogen) atoms. The summed E-state index contributed by atoms with van der Waals surface area (Å²) in [5, 5.41) is 0. The van der Waals surface area contributed by atoms with Crippen molar-refractivity contribution in [1.82, 2.24) is 9.55 Å². The van der Waals surface area contributed by atoms with Gasteiger partial charge in [-0.15, -0.1) is 11.6 Å². The van der Waals surface area contributed by atoms with Gasteiger partial charge in [0, 0.05) is 10.5 Å². The summed E-state index contributed by atoms with van der Waals surface area (Å²) < 4.78 is 8.39. The van der Waals surface area contributed by atoms with Crippen LogP contribution >= 0.6 is 27.5 Å². The van der Waals surface area contributed by atoms with Crippen molar-refractivity contribution in [1.29, 1.82) is 0 Å². The Morgan fingerprint density at radius 1 is 1.24 bits per heavy atom. The lowest BCUT2D eigenvalue weighted by Gasteiger charge is -2.11. The lowest BCUT2D eigenvalue weighted by Crippen LogP contribution is -2.00. The number of hydrogen-bond acceptors (Lipinski definition) is 2. The van der Waals surface area contributed by atoms with E-state index in [1.165, 1.54) is 5.56 Å². The number of hydrogen-bond donors (Lipinski definition) is 0. The summed E-state index contributed by atoms with van der Waals surface area (Å²) in [5.41, 5.74) is 4.10. The van der Waals surface area contributed by atoms with Crippen LogP contribution in [0, 0.1) is 6.92 Å². The van der Waals surface area contributed by atoms with Gasteiger partial charge in [-0.1, -0.05) is 6.07 Å². The summed E-state index contributed by atoms with van der Waals surface area (Å²) in [5.74, 6) is 1.95. The SMILES string of the molecule is COc1ccc2nc(CCl)n(-c3ccc(C)cc3Br)c2c1. The molecule has 0 aliphatic carbocycles. The van der Waals surface area contributed by atoms with Gasteiger partial charge in [0.15, 0.2) is 0 Å². The second-order valence-electron chi connectivity index (χ2n) is 4.81. The molecule has 0 fully saturated rings. The molecule has 0 amide bonds. The Bertz CT molecular complexity index is 813. The molecule has 108 valence electrons. The van der Waals surface area contributed by atoms with E-state index in [2.05, 4.69) is 50.6 Å². The standard InChI is InChI=1S/C16H14BrClN2O/c1-10-3-6-14(12(17)7-10)20-15-8-11(21-2)4-5-13(15)19-16(20)9-18/h3-8H,9H2,1-2H3. The van der Waals surface area contributed by atoms with E-state index >= 15 is 0 Å². The molecule has 0 aliphatic rings. The largest absolute Gasteiger partial charge is 0.497 e. The van der Waals surface area contributed by atoms with E-state index in [4.69, 9.17) is 16.3 Å². The van der Waals surface area contributed by atoms with Gasteiger partial charge >= 0.3 is 0 Å². The highest BCUT2D eigenvalue weighted by molar-refractivity contribution is 9.10. The summed E-state index contributed by atoms with van der Waals surface area (Å²) >= 11 is 9.71. The highest BCUT2D eigenvalue weighted by Gasteiger charge is 2.14. The molecule has 0 spiro atoms. The minimum absolute atomic E-state index is 0.345. The zero-order valence-corrected chi connectivity index (χ0v) is 14.1. The predicted octanol–water partition coefficient (Wildman–Crippen LogP) is 4.84. The lowest BCUT2D eigenvalue weighted by atomic mass is 10.2. The van der Waals surface area contributed by atoms with Crippen molar-refractivity contribution < 1.29 is 4.74 Å². The predicted molar refractivity (Wildman–Crippen MR) is 89.6 cm³/mol. The molecule has 3 nitrogen and oxygen atoms in total. The summed E-state index contributed by atoms with van der Waals surface area (Å²) in [4.78, 5) is 4.60. The van der Waals surface area contributed by atoms with Gasteiger partial charge in [-0.25, -0.2) is 4.98 Å². The van der Waals surface area contributed by atoms with Crippen LogP contribution in [0.2, 0.25) is 0 Å². The van der Waals surface area contributed by atoms with Crippen LogP contribution in [0.25, 0.3) is 16.7 Å². The molecule has 3 aromatic rings. The van der Waals surface area contributed by atoms with Crippen LogP contribution in [0.1, 0.15) is 11.4 Å². The Hall–Kier alpha value is -1.52. The number of fused-ring (bicyclic) bond motifs is 1. The Labute approximate surface area is 136 Å². The van der Waals surface area contributed by atoms with Crippen LogP contribution in [-0.2, 0) is 5.88 Å². The normalized spacial score (nSPS) is 11.0. The number of ether oxygens (including phenoxy) is 1. The minimum Gasteiger partial charge on any atom is -0.497 e. The summed E-state index contributed by atoms with van der Waals surface area (Å²) in [6, 6.07) is 12.1. The van der Waals surface area contributed by atoms with Gasteiger partial charge in [0.2, 0.25) is 0 Å². The van der Waals surface area contributed by atoms with Crippen molar-refractivity contribution in [2.75, 3.05) is 7.11 Å². The number of imidazole rings is 1. The van der Waals surface area contributed by atoms with Gasteiger partial charge in [0.05, 0.1) is 29.7 Å². The Morgan fingerprint density at radius 3 is 2.71 bits per heavy atom. The molecular formula is C16H14BrClN2O. The average molecular weight is 366 g/mol. The first-order valence-corrected chi connectivity index (χ1v) is 7.84. The quantitative estimate of drug-likeness (QED) is 0.621. The first kappa shape index (κ1) is 14.4. The van der Waals surface area contributed by atoms with Crippen molar-refractivity contribution in [2.24, 2.45) is 0 Å². The summed E-state index contributed by atoms with van der Waals surface area (Å²) in [7, 11) is 1.66. The first-order chi connectivity index (χ1) is 10.1. The molecule has 0 bridgehead atoms. The van der Waals surface area contributed by atoms with Crippen molar-refractivity contribution in [3.8, 4) is 11.4 Å². The van der Waals surface area contributed by atoms with Crippen LogP contribution in [0.4, 0.5) is 0 Å². The van der Waals surface area contributed by atoms with E-state index in [9.17, 15) is 0 Å². The van der Waals surface area contributed by atoms with E-state index in [0.717, 1.165) is 32.8 Å². The Balaban J connectivity index is 2.33. The van der Waals surface area contributed by atoms with Gasteiger partial charge in [-0.2, -0.15) is 0 Å². The topological polar surface area (TPSA) is 27.1 Å². The van der Waals surface area contributed by atoms with E-state index in [1.54, 1.807) is 7.11 Å². The van der Waals surface area contributed by atoms with E-state index in [1.807, 2.05) is 18.2 Å². The first-order valence-electron chi connectivity index (χ1n) is 6.52.